The van der Waals surface area contributed by atoms with Gasteiger partial charge < -0.3 is 4.74 Å². The first-order valence-electron chi connectivity index (χ1n) is 9.22. The van der Waals surface area contributed by atoms with E-state index in [1.54, 1.807) is 0 Å². The van der Waals surface area contributed by atoms with Crippen LogP contribution < -0.4 is 20.7 Å². The second-order valence-corrected chi connectivity index (χ2v) is 10.4. The van der Waals surface area contributed by atoms with Gasteiger partial charge in [0.25, 0.3) is 0 Å². The molecule has 0 bridgehead atoms. The second kappa shape index (κ2) is 9.94. The van der Waals surface area contributed by atoms with E-state index in [9.17, 15) is 0 Å². The first-order chi connectivity index (χ1) is 13.8. The van der Waals surface area contributed by atoms with Gasteiger partial charge >= 0.3 is 0 Å². The van der Waals surface area contributed by atoms with Gasteiger partial charge in [-0.2, -0.15) is 0 Å². The summed E-state index contributed by atoms with van der Waals surface area (Å²) >= 11 is 6.04. The van der Waals surface area contributed by atoms with Crippen LogP contribution in [0.25, 0.3) is 0 Å². The Bertz CT molecular complexity index is 910. The number of hydrogen-bond donors (Lipinski definition) is 0. The molecule has 0 atom stereocenters. The number of halogens is 2. The molecular formula is C25H22Cl2OP+. The molecule has 0 radical (unpaired) electrons. The van der Waals surface area contributed by atoms with Crippen LogP contribution >= 0.6 is 31.3 Å². The number of ether oxygens (including phenoxy) is 1. The Kier molecular flexibility index (Phi) is 7.34. The molecule has 0 aliphatic heterocycles. The Balaban J connectivity index is 0.00000240. The van der Waals surface area contributed by atoms with Gasteiger partial charge in [-0.3, -0.25) is 0 Å². The Hall–Kier alpha value is -2.31. The molecule has 0 amide bonds. The molecule has 0 fully saturated rings. The largest absolute Gasteiger partial charge is 0.458 e. The fourth-order valence-corrected chi connectivity index (χ4v) is 7.27. The topological polar surface area (TPSA) is 9.23 Å². The highest BCUT2D eigenvalue weighted by Gasteiger charge is 2.46. The average molecular weight is 440 g/mol. The van der Waals surface area contributed by atoms with Crippen LogP contribution in [0.15, 0.2) is 115 Å². The van der Waals surface area contributed by atoms with Crippen molar-refractivity contribution in [2.75, 3.05) is 6.35 Å². The predicted octanol–water partition coefficient (Wildman–Crippen LogP) is 6.09. The highest BCUT2D eigenvalue weighted by Crippen LogP contribution is 2.55. The normalized spacial score (nSPS) is 10.8. The van der Waals surface area contributed by atoms with Crippen LogP contribution in [0, 0.1) is 0 Å². The molecule has 4 aromatic rings. The van der Waals surface area contributed by atoms with Gasteiger partial charge in [0.05, 0.1) is 0 Å². The zero-order valence-corrected chi connectivity index (χ0v) is 18.3. The summed E-state index contributed by atoms with van der Waals surface area (Å²) in [7, 11) is -1.99. The van der Waals surface area contributed by atoms with Crippen molar-refractivity contribution in [3.63, 3.8) is 0 Å². The van der Waals surface area contributed by atoms with Crippen molar-refractivity contribution >= 4 is 47.2 Å². The van der Waals surface area contributed by atoms with E-state index in [-0.39, 0.29) is 12.4 Å². The maximum atomic E-state index is 6.38. The third-order valence-electron chi connectivity index (χ3n) is 4.83. The first kappa shape index (κ1) is 21.4. The third kappa shape index (κ3) is 4.65. The summed E-state index contributed by atoms with van der Waals surface area (Å²) in [6, 6.07) is 39.8. The van der Waals surface area contributed by atoms with E-state index >= 15 is 0 Å². The smallest absolute Gasteiger partial charge is 0.210 e. The molecule has 4 rings (SSSR count). The van der Waals surface area contributed by atoms with Gasteiger partial charge in [0.15, 0.2) is 7.26 Å². The molecule has 4 aromatic carbocycles. The predicted molar refractivity (Wildman–Crippen MR) is 129 cm³/mol. The van der Waals surface area contributed by atoms with Gasteiger partial charge in [0.2, 0.25) is 6.35 Å². The van der Waals surface area contributed by atoms with E-state index < -0.39 is 7.26 Å². The summed E-state index contributed by atoms with van der Waals surface area (Å²) in [5.41, 5.74) is 0. The van der Waals surface area contributed by atoms with E-state index in [0.29, 0.717) is 11.4 Å². The number of benzene rings is 4. The summed E-state index contributed by atoms with van der Waals surface area (Å²) in [4.78, 5) is 0. The molecule has 0 saturated carbocycles. The van der Waals surface area contributed by atoms with Crippen molar-refractivity contribution in [1.82, 2.24) is 0 Å². The zero-order valence-electron chi connectivity index (χ0n) is 15.8. The fourth-order valence-electron chi connectivity index (χ4n) is 3.42. The van der Waals surface area contributed by atoms with Crippen LogP contribution in [0.4, 0.5) is 0 Å². The zero-order chi connectivity index (χ0) is 19.2. The lowest BCUT2D eigenvalue weighted by Crippen LogP contribution is -2.35. The lowest BCUT2D eigenvalue weighted by molar-refractivity contribution is 0.388. The van der Waals surface area contributed by atoms with Crippen molar-refractivity contribution in [1.29, 1.82) is 0 Å². The van der Waals surface area contributed by atoms with Gasteiger partial charge in [-0.05, 0) is 60.7 Å². The monoisotopic (exact) mass is 439 g/mol. The maximum Gasteiger partial charge on any atom is 0.210 e. The van der Waals surface area contributed by atoms with Gasteiger partial charge in [-0.15, -0.1) is 12.4 Å². The van der Waals surface area contributed by atoms with Crippen LogP contribution in [0.2, 0.25) is 5.02 Å². The quantitative estimate of drug-likeness (QED) is 0.330. The maximum absolute atomic E-state index is 6.38. The molecule has 0 aliphatic rings. The molecule has 0 aromatic heterocycles. The Labute approximate surface area is 184 Å². The summed E-state index contributed by atoms with van der Waals surface area (Å²) in [5.74, 6) is 0.830. The summed E-state index contributed by atoms with van der Waals surface area (Å²) in [5, 5.41) is 4.63. The van der Waals surface area contributed by atoms with E-state index in [4.69, 9.17) is 16.3 Å². The molecule has 0 aliphatic carbocycles. The Morgan fingerprint density at radius 3 is 1.31 bits per heavy atom. The summed E-state index contributed by atoms with van der Waals surface area (Å²) < 4.78 is 6.38. The molecule has 4 heteroatoms. The van der Waals surface area contributed by atoms with Crippen molar-refractivity contribution in [2.45, 2.75) is 0 Å². The molecular weight excluding hydrogens is 418 g/mol. The Morgan fingerprint density at radius 1 is 0.552 bits per heavy atom. The van der Waals surface area contributed by atoms with Crippen LogP contribution in [-0.4, -0.2) is 6.35 Å². The lowest BCUT2D eigenvalue weighted by Gasteiger charge is -2.27. The van der Waals surface area contributed by atoms with Gasteiger partial charge in [0, 0.05) is 5.02 Å². The number of hydrogen-bond acceptors (Lipinski definition) is 1. The fraction of sp³-hybridized carbons (Fsp3) is 0.0400. The first-order valence-corrected chi connectivity index (χ1v) is 11.6. The van der Waals surface area contributed by atoms with Gasteiger partial charge in [0.1, 0.15) is 21.7 Å². The number of rotatable bonds is 6. The molecule has 1 nitrogen and oxygen atoms in total. The highest BCUT2D eigenvalue weighted by atomic mass is 35.5. The van der Waals surface area contributed by atoms with Crippen molar-refractivity contribution < 1.29 is 4.74 Å². The lowest BCUT2D eigenvalue weighted by atomic mass is 10.3. The van der Waals surface area contributed by atoms with Crippen LogP contribution in [0.1, 0.15) is 0 Å². The van der Waals surface area contributed by atoms with Crippen molar-refractivity contribution in [3.8, 4) is 5.75 Å². The highest BCUT2D eigenvalue weighted by molar-refractivity contribution is 7.95. The van der Waals surface area contributed by atoms with E-state index in [0.717, 1.165) is 5.75 Å². The molecule has 29 heavy (non-hydrogen) atoms. The van der Waals surface area contributed by atoms with Crippen molar-refractivity contribution in [3.05, 3.63) is 120 Å². The van der Waals surface area contributed by atoms with Crippen LogP contribution in [-0.2, 0) is 0 Å². The minimum absolute atomic E-state index is 0. The molecule has 0 spiro atoms. The summed E-state index contributed by atoms with van der Waals surface area (Å²) in [6.45, 7) is 0. The minimum Gasteiger partial charge on any atom is -0.458 e. The van der Waals surface area contributed by atoms with E-state index in [1.165, 1.54) is 15.9 Å². The average Bonchev–Trinajstić information content (AvgIpc) is 2.78. The van der Waals surface area contributed by atoms with E-state index in [1.807, 2.05) is 24.3 Å². The van der Waals surface area contributed by atoms with Gasteiger partial charge in [-0.1, -0.05) is 66.2 Å². The van der Waals surface area contributed by atoms with E-state index in [2.05, 4.69) is 91.0 Å². The molecule has 0 heterocycles. The SMILES string of the molecule is Cl.Clc1ccc(OC[P+](c2ccccc2)(c2ccccc2)c2ccccc2)cc1. The standard InChI is InChI=1S/C25H21ClOP.ClH/c26-21-16-18-22(19-17-21)27-20-28(23-10-4-1-5-11-23,24-12-6-2-7-13-24)25-14-8-3-9-15-25;/h1-19H,20H2;1H/q+1;. The summed E-state index contributed by atoms with van der Waals surface area (Å²) in [6.07, 6.45) is 0.590. The van der Waals surface area contributed by atoms with Crippen molar-refractivity contribution in [2.24, 2.45) is 0 Å². The molecule has 0 N–H and O–H groups in total. The second-order valence-electron chi connectivity index (χ2n) is 6.54. The van der Waals surface area contributed by atoms with Crippen LogP contribution in [0.5, 0.6) is 5.75 Å². The van der Waals surface area contributed by atoms with Crippen LogP contribution in [0.3, 0.4) is 0 Å². The van der Waals surface area contributed by atoms with Gasteiger partial charge in [-0.25, -0.2) is 0 Å². The molecule has 0 unspecified atom stereocenters. The third-order valence-corrected chi connectivity index (χ3v) is 9.14. The minimum atomic E-state index is -1.99. The Morgan fingerprint density at radius 2 is 0.931 bits per heavy atom. The molecule has 0 saturated heterocycles. The molecule has 146 valence electrons.